The van der Waals surface area contributed by atoms with Crippen molar-refractivity contribution in [1.82, 2.24) is 9.80 Å². The van der Waals surface area contributed by atoms with Gasteiger partial charge < -0.3 is 0 Å². The minimum atomic E-state index is -0.142. The van der Waals surface area contributed by atoms with Crippen molar-refractivity contribution in [3.8, 4) is 0 Å². The zero-order valence-electron chi connectivity index (χ0n) is 13.8. The summed E-state index contributed by atoms with van der Waals surface area (Å²) in [7, 11) is 0. The second-order valence-electron chi connectivity index (χ2n) is 7.66. The number of nitrogens with zero attached hydrogens (tertiary/aromatic N) is 2. The van der Waals surface area contributed by atoms with Gasteiger partial charge in [0.2, 0.25) is 0 Å². The third-order valence-corrected chi connectivity index (χ3v) is 7.37. The maximum atomic E-state index is 13.1. The monoisotopic (exact) mass is 342 g/mol. The van der Waals surface area contributed by atoms with Gasteiger partial charge in [-0.2, -0.15) is 0 Å². The minimum Gasteiger partial charge on any atom is -0.297 e. The maximum absolute atomic E-state index is 13.1. The zero-order chi connectivity index (χ0) is 16.1. The van der Waals surface area contributed by atoms with Crippen molar-refractivity contribution in [1.29, 1.82) is 0 Å². The number of hydrogen-bond donors (Lipinski definition) is 0. The van der Waals surface area contributed by atoms with E-state index in [1.807, 2.05) is 23.5 Å². The summed E-state index contributed by atoms with van der Waals surface area (Å²) in [5, 5.41) is 2.22. The molecule has 2 aromatic rings. The van der Waals surface area contributed by atoms with E-state index in [2.05, 4.69) is 27.3 Å². The molecule has 0 amide bonds. The number of benzene rings is 1. The highest BCUT2D eigenvalue weighted by atomic mass is 32.1. The van der Waals surface area contributed by atoms with Crippen LogP contribution in [0.1, 0.15) is 35.7 Å². The molecule has 1 aromatic carbocycles. The van der Waals surface area contributed by atoms with Crippen LogP contribution in [0.2, 0.25) is 0 Å². The van der Waals surface area contributed by atoms with Crippen LogP contribution in [0.25, 0.3) is 0 Å². The smallest absolute Gasteiger partial charge is 0.123 e. The highest BCUT2D eigenvalue weighted by Gasteiger charge is 2.59. The van der Waals surface area contributed by atoms with Crippen molar-refractivity contribution in [3.63, 3.8) is 0 Å². The van der Waals surface area contributed by atoms with E-state index in [1.54, 1.807) is 17.0 Å². The molecule has 3 aliphatic rings. The van der Waals surface area contributed by atoms with Gasteiger partial charge in [0.05, 0.1) is 0 Å². The Labute approximate surface area is 146 Å². The third kappa shape index (κ3) is 2.27. The Bertz CT molecular complexity index is 714. The summed E-state index contributed by atoms with van der Waals surface area (Å²) in [6, 6.07) is 12.2. The van der Waals surface area contributed by atoms with Gasteiger partial charge in [0, 0.05) is 36.1 Å². The molecule has 3 saturated heterocycles. The molecule has 2 nitrogen and oxygen atoms in total. The third-order valence-electron chi connectivity index (χ3n) is 6.39. The summed E-state index contributed by atoms with van der Waals surface area (Å²) < 4.78 is 13.1. The molecule has 24 heavy (non-hydrogen) atoms. The Morgan fingerprint density at radius 3 is 2.88 bits per heavy atom. The van der Waals surface area contributed by atoms with Crippen LogP contribution >= 0.6 is 11.3 Å². The van der Waals surface area contributed by atoms with Gasteiger partial charge in [-0.15, -0.1) is 11.3 Å². The normalized spacial score (nSPS) is 33.0. The largest absolute Gasteiger partial charge is 0.297 e. The van der Waals surface area contributed by atoms with Crippen molar-refractivity contribution in [2.75, 3.05) is 19.6 Å². The number of thiophene rings is 1. The Morgan fingerprint density at radius 2 is 2.08 bits per heavy atom. The first-order valence-electron chi connectivity index (χ1n) is 9.01. The summed E-state index contributed by atoms with van der Waals surface area (Å²) in [5.41, 5.74) is 1.63. The molecule has 4 heterocycles. The molecule has 1 aromatic heterocycles. The Hall–Kier alpha value is -1.23. The van der Waals surface area contributed by atoms with Gasteiger partial charge >= 0.3 is 0 Å². The summed E-state index contributed by atoms with van der Waals surface area (Å²) in [4.78, 5) is 6.98. The van der Waals surface area contributed by atoms with Crippen LogP contribution in [-0.4, -0.2) is 35.0 Å². The van der Waals surface area contributed by atoms with Gasteiger partial charge in [-0.25, -0.2) is 4.39 Å². The van der Waals surface area contributed by atoms with Crippen molar-refractivity contribution in [2.24, 2.45) is 5.92 Å². The van der Waals surface area contributed by atoms with Crippen LogP contribution in [-0.2, 0) is 6.54 Å². The Balaban J connectivity index is 1.36. The van der Waals surface area contributed by atoms with E-state index < -0.39 is 0 Å². The standard InChI is InChI=1S/C20H23FN2S/c21-17-6-4-15(5-7-17)12-22-13-16-11-18(19-3-1-10-24-19)23-9-2-8-20(16,23)14-22/h1,3-7,10,16,18H,2,8-9,11-14H2/t16-,18+,20-/m0/s1. The maximum Gasteiger partial charge on any atom is 0.123 e. The van der Waals surface area contributed by atoms with Crippen molar-refractivity contribution >= 4 is 11.3 Å². The van der Waals surface area contributed by atoms with Crippen LogP contribution < -0.4 is 0 Å². The van der Waals surface area contributed by atoms with Crippen LogP contribution in [0.3, 0.4) is 0 Å². The molecule has 1 spiro atoms. The van der Waals surface area contributed by atoms with Gasteiger partial charge in [0.15, 0.2) is 0 Å². The molecule has 0 aliphatic carbocycles. The fourth-order valence-corrected chi connectivity index (χ4v) is 6.32. The van der Waals surface area contributed by atoms with Gasteiger partial charge in [-0.05, 0) is 60.9 Å². The highest BCUT2D eigenvalue weighted by Crippen LogP contribution is 2.56. The lowest BCUT2D eigenvalue weighted by Crippen LogP contribution is -2.45. The van der Waals surface area contributed by atoms with Crippen LogP contribution in [0, 0.1) is 11.7 Å². The molecule has 5 rings (SSSR count). The van der Waals surface area contributed by atoms with E-state index in [-0.39, 0.29) is 5.82 Å². The van der Waals surface area contributed by atoms with E-state index in [0.717, 1.165) is 12.5 Å². The fraction of sp³-hybridized carbons (Fsp3) is 0.500. The zero-order valence-corrected chi connectivity index (χ0v) is 14.6. The molecule has 126 valence electrons. The molecule has 0 N–H and O–H groups in total. The van der Waals surface area contributed by atoms with E-state index in [9.17, 15) is 4.39 Å². The van der Waals surface area contributed by atoms with Crippen molar-refractivity contribution in [2.45, 2.75) is 37.4 Å². The lowest BCUT2D eigenvalue weighted by Gasteiger charge is -2.35. The van der Waals surface area contributed by atoms with E-state index in [0.29, 0.717) is 11.6 Å². The van der Waals surface area contributed by atoms with Gasteiger partial charge in [0.1, 0.15) is 5.82 Å². The molecular formula is C20H23FN2S. The van der Waals surface area contributed by atoms with Gasteiger partial charge in [0.25, 0.3) is 0 Å². The average Bonchev–Trinajstić information content (AvgIpc) is 3.31. The Kier molecular flexibility index (Phi) is 3.55. The van der Waals surface area contributed by atoms with Crippen LogP contribution in [0.5, 0.6) is 0 Å². The van der Waals surface area contributed by atoms with E-state index in [4.69, 9.17) is 0 Å². The number of halogens is 1. The Morgan fingerprint density at radius 1 is 1.21 bits per heavy atom. The molecular weight excluding hydrogens is 319 g/mol. The first kappa shape index (κ1) is 15.1. The molecule has 0 saturated carbocycles. The summed E-state index contributed by atoms with van der Waals surface area (Å²) in [6.45, 7) is 4.58. The van der Waals surface area contributed by atoms with E-state index in [1.165, 1.54) is 44.5 Å². The number of likely N-dealkylation sites (tertiary alicyclic amines) is 1. The predicted octanol–water partition coefficient (Wildman–Crippen LogP) is 4.30. The second kappa shape index (κ2) is 5.65. The minimum absolute atomic E-state index is 0.142. The first-order chi connectivity index (χ1) is 11.7. The fourth-order valence-electron chi connectivity index (χ4n) is 5.47. The summed E-state index contributed by atoms with van der Waals surface area (Å²) >= 11 is 1.92. The molecule has 3 aliphatic heterocycles. The van der Waals surface area contributed by atoms with Crippen molar-refractivity contribution < 1.29 is 4.39 Å². The molecule has 0 unspecified atom stereocenters. The van der Waals surface area contributed by atoms with Crippen molar-refractivity contribution in [3.05, 3.63) is 58.0 Å². The van der Waals surface area contributed by atoms with E-state index >= 15 is 0 Å². The van der Waals surface area contributed by atoms with Gasteiger partial charge in [-0.3, -0.25) is 9.80 Å². The summed E-state index contributed by atoms with van der Waals surface area (Å²) in [5.74, 6) is 0.643. The molecule has 3 atom stereocenters. The number of rotatable bonds is 3. The highest BCUT2D eigenvalue weighted by molar-refractivity contribution is 7.10. The molecule has 0 radical (unpaired) electrons. The topological polar surface area (TPSA) is 6.48 Å². The SMILES string of the molecule is Fc1ccc(CN2C[C@@H]3C[C@H](c4cccs4)N4CCC[C@]34C2)cc1. The lowest BCUT2D eigenvalue weighted by atomic mass is 9.86. The van der Waals surface area contributed by atoms with Gasteiger partial charge in [-0.1, -0.05) is 18.2 Å². The quantitative estimate of drug-likeness (QED) is 0.821. The molecule has 3 fully saturated rings. The van der Waals surface area contributed by atoms with Crippen LogP contribution in [0.15, 0.2) is 41.8 Å². The lowest BCUT2D eigenvalue weighted by molar-refractivity contribution is 0.132. The molecule has 0 bridgehead atoms. The van der Waals surface area contributed by atoms with Crippen LogP contribution in [0.4, 0.5) is 4.39 Å². The first-order valence-corrected chi connectivity index (χ1v) is 9.89. The summed E-state index contributed by atoms with van der Waals surface area (Å²) in [6.07, 6.45) is 3.99. The average molecular weight is 342 g/mol. The predicted molar refractivity (Wildman–Crippen MR) is 95.5 cm³/mol. The number of hydrogen-bond acceptors (Lipinski definition) is 3. The molecule has 4 heteroatoms. The second-order valence-corrected chi connectivity index (χ2v) is 8.64.